The molecule has 0 unspecified atom stereocenters. The average Bonchev–Trinajstić information content (AvgIpc) is 2.31. The Kier molecular flexibility index (Phi) is 1.73. The van der Waals surface area contributed by atoms with Gasteiger partial charge in [0.15, 0.2) is 4.79 Å². The molecule has 0 saturated carbocycles. The lowest BCUT2D eigenvalue weighted by molar-refractivity contribution is -0.570. The number of hydrogen-bond donors (Lipinski definition) is 0. The minimum atomic E-state index is -0.953. The Labute approximate surface area is 65.7 Å². The van der Waals surface area contributed by atoms with Crippen LogP contribution in [-0.2, 0) is 0 Å². The molecule has 12 heavy (non-hydrogen) atoms. The van der Waals surface area contributed by atoms with E-state index < -0.39 is 15.8 Å². The van der Waals surface area contributed by atoms with Crippen LogP contribution in [-0.4, -0.2) is 19.8 Å². The highest BCUT2D eigenvalue weighted by atomic mass is 16.7. The van der Waals surface area contributed by atoms with Gasteiger partial charge in [0.2, 0.25) is 5.69 Å². The fourth-order valence-corrected chi connectivity index (χ4v) is 0.720. The van der Waals surface area contributed by atoms with Crippen LogP contribution in [0.25, 0.3) is 0 Å². The van der Waals surface area contributed by atoms with Gasteiger partial charge in [-0.15, -0.1) is 0 Å². The SMILES string of the molecule is Cc1cc([N+](=O)[O-])n([N+](=O)[O-])n1. The number of aryl methyl sites for hydroxylation is 1. The molecular weight excluding hydrogens is 168 g/mol. The lowest BCUT2D eigenvalue weighted by Crippen LogP contribution is -2.13. The lowest BCUT2D eigenvalue weighted by atomic mass is 10.5. The van der Waals surface area contributed by atoms with Crippen LogP contribution in [0.4, 0.5) is 5.82 Å². The number of hydrogen-bond acceptors (Lipinski definition) is 5. The van der Waals surface area contributed by atoms with Crippen LogP contribution in [0.5, 0.6) is 0 Å². The predicted octanol–water partition coefficient (Wildman–Crippen LogP) is 0.140. The zero-order valence-electron chi connectivity index (χ0n) is 6.00. The van der Waals surface area contributed by atoms with E-state index in [2.05, 4.69) is 5.10 Å². The summed E-state index contributed by atoms with van der Waals surface area (Å²) < 4.78 is 0. The third kappa shape index (κ3) is 1.21. The Bertz CT molecular complexity index is 311. The first-order chi connectivity index (χ1) is 5.52. The van der Waals surface area contributed by atoms with Gasteiger partial charge >= 0.3 is 5.82 Å². The highest BCUT2D eigenvalue weighted by Crippen LogP contribution is 2.11. The van der Waals surface area contributed by atoms with Gasteiger partial charge in [0, 0.05) is 6.92 Å². The van der Waals surface area contributed by atoms with Crippen molar-refractivity contribution < 1.29 is 9.96 Å². The van der Waals surface area contributed by atoms with E-state index in [4.69, 9.17) is 0 Å². The summed E-state index contributed by atoms with van der Waals surface area (Å²) in [6.07, 6.45) is 0. The van der Waals surface area contributed by atoms with Crippen molar-refractivity contribution in [1.29, 1.82) is 0 Å². The minimum absolute atomic E-state index is 0.134. The van der Waals surface area contributed by atoms with Gasteiger partial charge in [0.05, 0.1) is 6.07 Å². The molecule has 0 bridgehead atoms. The first-order valence-electron chi connectivity index (χ1n) is 2.88. The van der Waals surface area contributed by atoms with Crippen molar-refractivity contribution in [2.24, 2.45) is 0 Å². The zero-order chi connectivity index (χ0) is 9.30. The monoisotopic (exact) mass is 172 g/mol. The van der Waals surface area contributed by atoms with Crippen LogP contribution in [0.1, 0.15) is 5.69 Å². The Morgan fingerprint density at radius 1 is 1.50 bits per heavy atom. The second kappa shape index (κ2) is 2.57. The summed E-state index contributed by atoms with van der Waals surface area (Å²) in [7, 11) is 0. The van der Waals surface area contributed by atoms with Gasteiger partial charge in [-0.2, -0.15) is 0 Å². The number of aromatic nitrogens is 2. The smallest absolute Gasteiger partial charge is 0.358 e. The van der Waals surface area contributed by atoms with E-state index in [0.29, 0.717) is 0 Å². The minimum Gasteiger partial charge on any atom is -0.358 e. The van der Waals surface area contributed by atoms with Crippen LogP contribution < -0.4 is 0 Å². The van der Waals surface area contributed by atoms with E-state index in [9.17, 15) is 20.2 Å². The third-order valence-electron chi connectivity index (χ3n) is 1.14. The van der Waals surface area contributed by atoms with Crippen LogP contribution in [0.2, 0.25) is 0 Å². The second-order valence-corrected chi connectivity index (χ2v) is 2.03. The molecule has 0 spiro atoms. The van der Waals surface area contributed by atoms with Crippen LogP contribution in [0.3, 0.4) is 0 Å². The molecule has 0 atom stereocenters. The molecule has 0 aliphatic heterocycles. The fourth-order valence-electron chi connectivity index (χ4n) is 0.720. The Morgan fingerprint density at radius 2 is 2.08 bits per heavy atom. The number of nitrogens with zero attached hydrogens (tertiary/aromatic N) is 4. The molecule has 1 aromatic heterocycles. The molecular formula is C4H4N4O4. The van der Waals surface area contributed by atoms with Crippen molar-refractivity contribution in [3.8, 4) is 0 Å². The molecule has 1 aromatic rings. The molecule has 1 heterocycles. The Morgan fingerprint density at radius 3 is 2.42 bits per heavy atom. The molecule has 0 fully saturated rings. The summed E-state index contributed by atoms with van der Waals surface area (Å²) in [5, 5.41) is 22.7. The first kappa shape index (κ1) is 8.11. The van der Waals surface area contributed by atoms with Gasteiger partial charge in [0.1, 0.15) is 10.1 Å². The van der Waals surface area contributed by atoms with E-state index in [0.717, 1.165) is 6.07 Å². The van der Waals surface area contributed by atoms with Crippen LogP contribution in [0.15, 0.2) is 6.07 Å². The molecule has 0 amide bonds. The topological polar surface area (TPSA) is 104 Å². The molecule has 0 aliphatic carbocycles. The van der Waals surface area contributed by atoms with E-state index in [1.165, 1.54) is 6.92 Å². The highest BCUT2D eigenvalue weighted by Gasteiger charge is 2.26. The summed E-state index contributed by atoms with van der Waals surface area (Å²) >= 11 is 0. The number of nitro groups is 2. The first-order valence-corrected chi connectivity index (χ1v) is 2.88. The summed E-state index contributed by atoms with van der Waals surface area (Å²) in [6.45, 7) is 1.44. The van der Waals surface area contributed by atoms with Crippen LogP contribution in [0, 0.1) is 27.2 Å². The molecule has 0 N–H and O–H groups in total. The van der Waals surface area contributed by atoms with Crippen molar-refractivity contribution in [2.75, 3.05) is 0 Å². The normalized spacial score (nSPS) is 9.75. The van der Waals surface area contributed by atoms with Crippen molar-refractivity contribution in [3.05, 3.63) is 32.0 Å². The highest BCUT2D eigenvalue weighted by molar-refractivity contribution is 5.20. The largest absolute Gasteiger partial charge is 0.420 e. The lowest BCUT2D eigenvalue weighted by Gasteiger charge is -1.88. The van der Waals surface area contributed by atoms with Crippen molar-refractivity contribution >= 4 is 5.82 Å². The van der Waals surface area contributed by atoms with E-state index in [-0.39, 0.29) is 10.5 Å². The van der Waals surface area contributed by atoms with E-state index in [1.807, 2.05) is 0 Å². The van der Waals surface area contributed by atoms with Gasteiger partial charge in [0.25, 0.3) is 0 Å². The number of rotatable bonds is 2. The molecule has 0 aromatic carbocycles. The van der Waals surface area contributed by atoms with Gasteiger partial charge in [-0.1, -0.05) is 0 Å². The molecule has 0 aliphatic rings. The summed E-state index contributed by atoms with van der Waals surface area (Å²) in [5.74, 6) is -0.641. The molecule has 8 heteroatoms. The maximum absolute atomic E-state index is 10.2. The Balaban J connectivity index is 3.26. The maximum atomic E-state index is 10.2. The van der Waals surface area contributed by atoms with Crippen LogP contribution >= 0.6 is 0 Å². The zero-order valence-corrected chi connectivity index (χ0v) is 6.00. The molecule has 1 rings (SSSR count). The molecule has 64 valence electrons. The van der Waals surface area contributed by atoms with E-state index >= 15 is 0 Å². The van der Waals surface area contributed by atoms with Crippen molar-refractivity contribution in [3.63, 3.8) is 0 Å². The molecule has 0 saturated heterocycles. The third-order valence-corrected chi connectivity index (χ3v) is 1.14. The van der Waals surface area contributed by atoms with Gasteiger partial charge in [-0.3, -0.25) is 0 Å². The molecule has 0 radical (unpaired) electrons. The predicted molar refractivity (Wildman–Crippen MR) is 36.0 cm³/mol. The van der Waals surface area contributed by atoms with Gasteiger partial charge in [-0.25, -0.2) is 0 Å². The second-order valence-electron chi connectivity index (χ2n) is 2.03. The fraction of sp³-hybridized carbons (Fsp3) is 0.250. The average molecular weight is 172 g/mol. The maximum Gasteiger partial charge on any atom is 0.420 e. The molecule has 8 nitrogen and oxygen atoms in total. The quantitative estimate of drug-likeness (QED) is 0.466. The summed E-state index contributed by atoms with van der Waals surface area (Å²) in [5.41, 5.74) is 0.235. The summed E-state index contributed by atoms with van der Waals surface area (Å²) in [4.78, 5) is 19.6. The van der Waals surface area contributed by atoms with Crippen molar-refractivity contribution in [2.45, 2.75) is 6.92 Å². The van der Waals surface area contributed by atoms with Crippen molar-refractivity contribution in [1.82, 2.24) is 9.89 Å². The van der Waals surface area contributed by atoms with E-state index in [1.54, 1.807) is 0 Å². The van der Waals surface area contributed by atoms with Gasteiger partial charge < -0.3 is 20.2 Å². The van der Waals surface area contributed by atoms with Gasteiger partial charge in [-0.05, 0) is 4.92 Å². The standard InChI is InChI=1S/C4H4N4O4/c1-3-2-4(7(9)10)6(5-3)8(11)12/h2H,1H3. The summed E-state index contributed by atoms with van der Waals surface area (Å²) in [6, 6.07) is 1.03. The Hall–Kier alpha value is -1.99.